The number of aryl methyl sites for hydroxylation is 3. The molecule has 3 aromatic heterocycles. The standard InChI is InChI=1S/C20H19N3O5S/c1-3-15-12(2)10-16(29-15)19-22-21-17(28-19)11-26-18(24)8-9-23-13-6-4-5-7-14(13)27-20(23)25/h4-7,10H,3,8-9,11H2,1-2H3. The highest BCUT2D eigenvalue weighted by Crippen LogP contribution is 2.30. The van der Waals surface area contributed by atoms with Crippen molar-refractivity contribution in [2.45, 2.75) is 39.8 Å². The molecule has 0 radical (unpaired) electrons. The van der Waals surface area contributed by atoms with Crippen molar-refractivity contribution in [2.24, 2.45) is 0 Å². The van der Waals surface area contributed by atoms with E-state index in [1.54, 1.807) is 35.6 Å². The molecule has 0 atom stereocenters. The first kappa shape index (κ1) is 19.1. The molecule has 29 heavy (non-hydrogen) atoms. The van der Waals surface area contributed by atoms with Crippen LogP contribution in [-0.2, 0) is 29.1 Å². The summed E-state index contributed by atoms with van der Waals surface area (Å²) >= 11 is 1.61. The molecular formula is C20H19N3O5S. The maximum Gasteiger partial charge on any atom is 0.419 e. The number of fused-ring (bicyclic) bond motifs is 1. The number of carbonyl (C=O) groups is 1. The summed E-state index contributed by atoms with van der Waals surface area (Å²) in [6.45, 7) is 4.20. The minimum atomic E-state index is -0.502. The summed E-state index contributed by atoms with van der Waals surface area (Å²) in [5, 5.41) is 7.97. The minimum Gasteiger partial charge on any atom is -0.456 e. The Hall–Kier alpha value is -3.20. The normalized spacial score (nSPS) is 11.2. The molecule has 4 rings (SSSR count). The minimum absolute atomic E-state index is 0.0222. The van der Waals surface area contributed by atoms with Crippen LogP contribution in [0.1, 0.15) is 29.7 Å². The van der Waals surface area contributed by atoms with E-state index >= 15 is 0 Å². The van der Waals surface area contributed by atoms with Crippen molar-refractivity contribution in [2.75, 3.05) is 0 Å². The van der Waals surface area contributed by atoms with Crippen LogP contribution in [0.25, 0.3) is 21.9 Å². The van der Waals surface area contributed by atoms with Crippen molar-refractivity contribution in [3.8, 4) is 10.8 Å². The van der Waals surface area contributed by atoms with Gasteiger partial charge in [-0.25, -0.2) is 4.79 Å². The summed E-state index contributed by atoms with van der Waals surface area (Å²) in [7, 11) is 0. The Labute approximate surface area is 169 Å². The molecule has 4 aromatic rings. The topological polar surface area (TPSA) is 100 Å². The van der Waals surface area contributed by atoms with Gasteiger partial charge in [0, 0.05) is 11.4 Å². The van der Waals surface area contributed by atoms with Gasteiger partial charge in [-0.1, -0.05) is 19.1 Å². The van der Waals surface area contributed by atoms with Crippen molar-refractivity contribution in [1.29, 1.82) is 0 Å². The van der Waals surface area contributed by atoms with E-state index in [9.17, 15) is 9.59 Å². The van der Waals surface area contributed by atoms with Gasteiger partial charge in [-0.05, 0) is 37.1 Å². The third-order valence-electron chi connectivity index (χ3n) is 4.49. The fraction of sp³-hybridized carbons (Fsp3) is 0.300. The zero-order chi connectivity index (χ0) is 20.4. The molecule has 0 spiro atoms. The Morgan fingerprint density at radius 1 is 1.24 bits per heavy atom. The Morgan fingerprint density at radius 3 is 2.86 bits per heavy atom. The SMILES string of the molecule is CCc1sc(-c2nnc(COC(=O)CCn3c(=O)oc4ccccc43)o2)cc1C. The van der Waals surface area contributed by atoms with E-state index in [1.165, 1.54) is 15.0 Å². The number of para-hydroxylation sites is 2. The van der Waals surface area contributed by atoms with Crippen LogP contribution < -0.4 is 5.76 Å². The first-order valence-electron chi connectivity index (χ1n) is 9.21. The van der Waals surface area contributed by atoms with Crippen molar-refractivity contribution in [3.05, 3.63) is 57.2 Å². The molecule has 0 N–H and O–H groups in total. The lowest BCUT2D eigenvalue weighted by atomic mass is 10.2. The average molecular weight is 413 g/mol. The van der Waals surface area contributed by atoms with Gasteiger partial charge in [0.1, 0.15) is 0 Å². The molecular weight excluding hydrogens is 394 g/mol. The molecule has 0 aliphatic carbocycles. The largest absolute Gasteiger partial charge is 0.456 e. The number of hydrogen-bond donors (Lipinski definition) is 0. The Kier molecular flexibility index (Phi) is 5.30. The number of rotatable bonds is 7. The van der Waals surface area contributed by atoms with E-state index in [0.29, 0.717) is 17.0 Å². The van der Waals surface area contributed by atoms with E-state index in [0.717, 1.165) is 11.3 Å². The van der Waals surface area contributed by atoms with Gasteiger partial charge in [-0.3, -0.25) is 9.36 Å². The van der Waals surface area contributed by atoms with Gasteiger partial charge in [0.15, 0.2) is 12.2 Å². The first-order chi connectivity index (χ1) is 14.0. The molecule has 0 saturated heterocycles. The van der Waals surface area contributed by atoms with Crippen LogP contribution >= 0.6 is 11.3 Å². The lowest BCUT2D eigenvalue weighted by Crippen LogP contribution is -2.17. The summed E-state index contributed by atoms with van der Waals surface area (Å²) in [5.41, 5.74) is 2.32. The predicted molar refractivity (Wildman–Crippen MR) is 107 cm³/mol. The molecule has 0 saturated carbocycles. The van der Waals surface area contributed by atoms with Crippen LogP contribution in [0, 0.1) is 6.92 Å². The van der Waals surface area contributed by atoms with Gasteiger partial charge in [0.25, 0.3) is 11.8 Å². The molecule has 3 heterocycles. The summed E-state index contributed by atoms with van der Waals surface area (Å²) in [6, 6.07) is 9.07. The zero-order valence-corrected chi connectivity index (χ0v) is 16.8. The zero-order valence-electron chi connectivity index (χ0n) is 16.0. The van der Waals surface area contributed by atoms with Crippen molar-refractivity contribution in [3.63, 3.8) is 0 Å². The van der Waals surface area contributed by atoms with E-state index in [2.05, 4.69) is 17.1 Å². The molecule has 1 aromatic carbocycles. The van der Waals surface area contributed by atoms with Crippen molar-refractivity contribution >= 4 is 28.4 Å². The van der Waals surface area contributed by atoms with Gasteiger partial charge in [-0.2, -0.15) is 0 Å². The van der Waals surface area contributed by atoms with E-state index < -0.39 is 11.7 Å². The number of nitrogens with zero attached hydrogens (tertiary/aromatic N) is 3. The highest BCUT2D eigenvalue weighted by Gasteiger charge is 2.15. The number of oxazole rings is 1. The maximum atomic E-state index is 12.1. The highest BCUT2D eigenvalue weighted by atomic mass is 32.1. The van der Waals surface area contributed by atoms with Gasteiger partial charge in [0.05, 0.1) is 16.8 Å². The number of thiophene rings is 1. The van der Waals surface area contributed by atoms with Crippen LogP contribution in [0.4, 0.5) is 0 Å². The molecule has 0 fully saturated rings. The second-order valence-electron chi connectivity index (χ2n) is 6.47. The third kappa shape index (κ3) is 4.00. The smallest absolute Gasteiger partial charge is 0.419 e. The van der Waals surface area contributed by atoms with E-state index in [1.807, 2.05) is 13.0 Å². The van der Waals surface area contributed by atoms with Gasteiger partial charge in [-0.15, -0.1) is 21.5 Å². The van der Waals surface area contributed by atoms with Crippen molar-refractivity contribution < 1.29 is 18.4 Å². The molecule has 150 valence electrons. The summed E-state index contributed by atoms with van der Waals surface area (Å²) in [4.78, 5) is 26.2. The molecule has 9 heteroatoms. The maximum absolute atomic E-state index is 12.1. The summed E-state index contributed by atoms with van der Waals surface area (Å²) in [6.07, 6.45) is 0.971. The van der Waals surface area contributed by atoms with Crippen LogP contribution in [-0.4, -0.2) is 20.7 Å². The number of hydrogen-bond acceptors (Lipinski definition) is 8. The van der Waals surface area contributed by atoms with Gasteiger partial charge in [0.2, 0.25) is 0 Å². The quantitative estimate of drug-likeness (QED) is 0.426. The number of carbonyl (C=O) groups excluding carboxylic acids is 1. The van der Waals surface area contributed by atoms with E-state index in [4.69, 9.17) is 13.6 Å². The lowest BCUT2D eigenvalue weighted by Gasteiger charge is -2.03. The second-order valence-corrected chi connectivity index (χ2v) is 7.61. The highest BCUT2D eigenvalue weighted by molar-refractivity contribution is 7.15. The number of benzene rings is 1. The number of ether oxygens (including phenoxy) is 1. The fourth-order valence-electron chi connectivity index (χ4n) is 3.03. The predicted octanol–water partition coefficient (Wildman–Crippen LogP) is 3.71. The van der Waals surface area contributed by atoms with Gasteiger partial charge < -0.3 is 13.6 Å². The Bertz CT molecular complexity index is 1220. The molecule has 0 amide bonds. The third-order valence-corrected chi connectivity index (χ3v) is 5.86. The monoisotopic (exact) mass is 413 g/mol. The molecule has 0 aliphatic heterocycles. The van der Waals surface area contributed by atoms with Crippen LogP contribution in [0.2, 0.25) is 0 Å². The number of esters is 1. The summed E-state index contributed by atoms with van der Waals surface area (Å²) < 4.78 is 17.4. The van der Waals surface area contributed by atoms with Crippen LogP contribution in [0.5, 0.6) is 0 Å². The van der Waals surface area contributed by atoms with Crippen molar-refractivity contribution in [1.82, 2.24) is 14.8 Å². The second kappa shape index (κ2) is 8.04. The first-order valence-corrected chi connectivity index (χ1v) is 10.0. The molecule has 0 aliphatic rings. The number of aromatic nitrogens is 3. The molecule has 0 unspecified atom stereocenters. The lowest BCUT2D eigenvalue weighted by molar-refractivity contribution is -0.145. The van der Waals surface area contributed by atoms with Crippen LogP contribution in [0.3, 0.4) is 0 Å². The summed E-state index contributed by atoms with van der Waals surface area (Å²) in [5.74, 6) is -0.330. The molecule has 0 bridgehead atoms. The Balaban J connectivity index is 1.34. The van der Waals surface area contributed by atoms with Gasteiger partial charge >= 0.3 is 11.7 Å². The van der Waals surface area contributed by atoms with Crippen LogP contribution in [0.15, 0.2) is 44.0 Å². The Morgan fingerprint density at radius 2 is 2.07 bits per heavy atom. The average Bonchev–Trinajstić information content (AvgIpc) is 3.41. The fourth-order valence-corrected chi connectivity index (χ4v) is 4.07. The van der Waals surface area contributed by atoms with E-state index in [-0.39, 0.29) is 25.5 Å². The molecule has 8 nitrogen and oxygen atoms in total.